The van der Waals surface area contributed by atoms with Crippen molar-refractivity contribution in [2.24, 2.45) is 11.7 Å². The van der Waals surface area contributed by atoms with Gasteiger partial charge in [-0.05, 0) is 26.2 Å². The van der Waals surface area contributed by atoms with Gasteiger partial charge in [-0.25, -0.2) is 0 Å². The zero-order chi connectivity index (χ0) is 12.3. The molecule has 0 amide bonds. The van der Waals surface area contributed by atoms with Crippen LogP contribution in [0.15, 0.2) is 6.20 Å². The number of methoxy groups -OCH3 is 1. The van der Waals surface area contributed by atoms with Crippen molar-refractivity contribution in [3.05, 3.63) is 11.9 Å². The molecule has 0 radical (unpaired) electrons. The quantitative estimate of drug-likeness (QED) is 0.837. The normalized spacial score (nSPS) is 13.5. The summed E-state index contributed by atoms with van der Waals surface area (Å²) < 4.78 is 7.27. The van der Waals surface area contributed by atoms with E-state index in [2.05, 4.69) is 32.8 Å². The molecular weight excluding hydrogens is 202 g/mol. The first-order valence-corrected chi connectivity index (χ1v) is 5.84. The molecule has 0 spiro atoms. The van der Waals surface area contributed by atoms with Gasteiger partial charge in [-0.2, -0.15) is 5.10 Å². The smallest absolute Gasteiger partial charge is 0.161 e. The Morgan fingerprint density at radius 1 is 1.38 bits per heavy atom. The van der Waals surface area contributed by atoms with E-state index in [9.17, 15) is 0 Å². The fourth-order valence-corrected chi connectivity index (χ4v) is 1.90. The zero-order valence-corrected chi connectivity index (χ0v) is 10.9. The first kappa shape index (κ1) is 13.0. The molecule has 1 aromatic heterocycles. The Bertz CT molecular complexity index is 331. The third-order valence-electron chi connectivity index (χ3n) is 2.58. The average Bonchev–Trinajstić information content (AvgIpc) is 2.59. The Balaban J connectivity index is 3.02. The molecule has 4 heteroatoms. The van der Waals surface area contributed by atoms with Crippen molar-refractivity contribution >= 4 is 0 Å². The number of hydrogen-bond acceptors (Lipinski definition) is 3. The van der Waals surface area contributed by atoms with E-state index in [1.807, 2.05) is 4.68 Å². The second-order valence-electron chi connectivity index (χ2n) is 4.87. The van der Waals surface area contributed by atoms with Crippen LogP contribution >= 0.6 is 0 Å². The highest BCUT2D eigenvalue weighted by Gasteiger charge is 2.20. The Morgan fingerprint density at radius 3 is 2.44 bits per heavy atom. The van der Waals surface area contributed by atoms with Gasteiger partial charge < -0.3 is 10.5 Å². The van der Waals surface area contributed by atoms with Gasteiger partial charge in [0.2, 0.25) is 0 Å². The fourth-order valence-electron chi connectivity index (χ4n) is 1.90. The van der Waals surface area contributed by atoms with Crippen LogP contribution in [-0.4, -0.2) is 16.9 Å². The molecule has 92 valence electrons. The van der Waals surface area contributed by atoms with E-state index in [0.717, 1.165) is 17.9 Å². The zero-order valence-electron chi connectivity index (χ0n) is 10.9. The summed E-state index contributed by atoms with van der Waals surface area (Å²) in [5.41, 5.74) is 7.22. The van der Waals surface area contributed by atoms with E-state index in [1.54, 1.807) is 13.3 Å². The predicted octanol–water partition coefficient (Wildman–Crippen LogP) is 2.52. The van der Waals surface area contributed by atoms with Crippen LogP contribution in [0.25, 0.3) is 0 Å². The Hall–Kier alpha value is -1.03. The lowest BCUT2D eigenvalue weighted by atomic mass is 10.0. The van der Waals surface area contributed by atoms with Gasteiger partial charge in [0.15, 0.2) is 5.75 Å². The minimum atomic E-state index is -0.0140. The molecule has 1 rings (SSSR count). The highest BCUT2D eigenvalue weighted by Crippen LogP contribution is 2.29. The molecule has 0 aliphatic carbocycles. The van der Waals surface area contributed by atoms with E-state index in [4.69, 9.17) is 10.5 Å². The first-order valence-electron chi connectivity index (χ1n) is 5.84. The van der Waals surface area contributed by atoms with Crippen LogP contribution in [0.2, 0.25) is 0 Å². The van der Waals surface area contributed by atoms with Gasteiger partial charge in [0.05, 0.1) is 25.0 Å². The first-order chi connectivity index (χ1) is 7.47. The number of aromatic nitrogens is 2. The SMILES string of the molecule is COc1cnn(C(C)C)c1C(N)CC(C)C. The maximum Gasteiger partial charge on any atom is 0.161 e. The average molecular weight is 225 g/mol. The molecule has 2 N–H and O–H groups in total. The van der Waals surface area contributed by atoms with Crippen LogP contribution < -0.4 is 10.5 Å². The molecule has 16 heavy (non-hydrogen) atoms. The molecule has 1 heterocycles. The molecule has 0 aliphatic heterocycles. The summed E-state index contributed by atoms with van der Waals surface area (Å²) in [5.74, 6) is 1.36. The maximum absolute atomic E-state index is 6.21. The van der Waals surface area contributed by atoms with Crippen LogP contribution in [0, 0.1) is 5.92 Å². The van der Waals surface area contributed by atoms with Gasteiger partial charge in [0.25, 0.3) is 0 Å². The molecular formula is C12H23N3O. The molecule has 0 bridgehead atoms. The van der Waals surface area contributed by atoms with Gasteiger partial charge >= 0.3 is 0 Å². The Morgan fingerprint density at radius 2 is 2.00 bits per heavy atom. The predicted molar refractivity (Wildman–Crippen MR) is 65.5 cm³/mol. The van der Waals surface area contributed by atoms with Crippen molar-refractivity contribution in [1.82, 2.24) is 9.78 Å². The van der Waals surface area contributed by atoms with Crippen molar-refractivity contribution < 1.29 is 4.74 Å². The number of rotatable bonds is 5. The third-order valence-corrected chi connectivity index (χ3v) is 2.58. The van der Waals surface area contributed by atoms with Crippen LogP contribution in [0.4, 0.5) is 0 Å². The number of ether oxygens (including phenoxy) is 1. The van der Waals surface area contributed by atoms with Crippen LogP contribution in [-0.2, 0) is 0 Å². The minimum Gasteiger partial charge on any atom is -0.493 e. The van der Waals surface area contributed by atoms with E-state index in [-0.39, 0.29) is 6.04 Å². The van der Waals surface area contributed by atoms with Crippen molar-refractivity contribution in [2.75, 3.05) is 7.11 Å². The summed E-state index contributed by atoms with van der Waals surface area (Å²) in [7, 11) is 1.66. The highest BCUT2D eigenvalue weighted by molar-refractivity contribution is 5.28. The summed E-state index contributed by atoms with van der Waals surface area (Å²) >= 11 is 0. The number of nitrogens with zero attached hydrogens (tertiary/aromatic N) is 2. The van der Waals surface area contributed by atoms with Gasteiger partial charge in [-0.1, -0.05) is 13.8 Å². The van der Waals surface area contributed by atoms with Gasteiger partial charge in [0.1, 0.15) is 0 Å². The summed E-state index contributed by atoms with van der Waals surface area (Å²) in [6.07, 6.45) is 2.68. The van der Waals surface area contributed by atoms with Gasteiger partial charge in [0, 0.05) is 6.04 Å². The molecule has 1 unspecified atom stereocenters. The number of hydrogen-bond donors (Lipinski definition) is 1. The lowest BCUT2D eigenvalue weighted by molar-refractivity contribution is 0.385. The van der Waals surface area contributed by atoms with Crippen LogP contribution in [0.1, 0.15) is 51.9 Å². The topological polar surface area (TPSA) is 53.1 Å². The largest absolute Gasteiger partial charge is 0.493 e. The van der Waals surface area contributed by atoms with E-state index in [0.29, 0.717) is 12.0 Å². The standard InChI is InChI=1S/C12H23N3O/c1-8(2)6-10(13)12-11(16-5)7-14-15(12)9(3)4/h7-10H,6,13H2,1-5H3. The second-order valence-corrected chi connectivity index (χ2v) is 4.87. The lowest BCUT2D eigenvalue weighted by Crippen LogP contribution is -2.20. The second kappa shape index (κ2) is 5.34. The molecule has 0 saturated carbocycles. The lowest BCUT2D eigenvalue weighted by Gasteiger charge is -2.19. The fraction of sp³-hybridized carbons (Fsp3) is 0.750. The Labute approximate surface area is 97.8 Å². The van der Waals surface area contributed by atoms with E-state index in [1.165, 1.54) is 0 Å². The van der Waals surface area contributed by atoms with Crippen molar-refractivity contribution in [3.63, 3.8) is 0 Å². The minimum absolute atomic E-state index is 0.0140. The van der Waals surface area contributed by atoms with Crippen LogP contribution in [0.5, 0.6) is 5.75 Å². The molecule has 1 aromatic rings. The molecule has 0 saturated heterocycles. The maximum atomic E-state index is 6.21. The monoisotopic (exact) mass is 225 g/mol. The van der Waals surface area contributed by atoms with Gasteiger partial charge in [-0.3, -0.25) is 4.68 Å². The molecule has 0 fully saturated rings. The van der Waals surface area contributed by atoms with Crippen molar-refractivity contribution in [3.8, 4) is 5.75 Å². The number of nitrogens with two attached hydrogens (primary N) is 1. The highest BCUT2D eigenvalue weighted by atomic mass is 16.5. The summed E-state index contributed by atoms with van der Waals surface area (Å²) in [6, 6.07) is 0.289. The molecule has 0 aliphatic rings. The van der Waals surface area contributed by atoms with Crippen LogP contribution in [0.3, 0.4) is 0 Å². The van der Waals surface area contributed by atoms with Gasteiger partial charge in [-0.15, -0.1) is 0 Å². The van der Waals surface area contributed by atoms with Crippen molar-refractivity contribution in [1.29, 1.82) is 0 Å². The molecule has 1 atom stereocenters. The third kappa shape index (κ3) is 2.76. The van der Waals surface area contributed by atoms with Crippen molar-refractivity contribution in [2.45, 2.75) is 46.2 Å². The summed E-state index contributed by atoms with van der Waals surface area (Å²) in [6.45, 7) is 8.53. The summed E-state index contributed by atoms with van der Waals surface area (Å²) in [4.78, 5) is 0. The summed E-state index contributed by atoms with van der Waals surface area (Å²) in [5, 5.41) is 4.33. The molecule has 4 nitrogen and oxygen atoms in total. The molecule has 0 aromatic carbocycles. The van der Waals surface area contributed by atoms with E-state index >= 15 is 0 Å². The van der Waals surface area contributed by atoms with E-state index < -0.39 is 0 Å². The Kier molecular flexibility index (Phi) is 4.35.